The Morgan fingerprint density at radius 2 is 1.63 bits per heavy atom. The van der Waals surface area contributed by atoms with Gasteiger partial charge in [0.1, 0.15) is 5.75 Å². The van der Waals surface area contributed by atoms with Crippen LogP contribution in [0.5, 0.6) is 5.75 Å². The number of hydrogen-bond donors (Lipinski definition) is 0. The molecular formula is C17H18O2. The molecule has 0 radical (unpaired) electrons. The van der Waals surface area contributed by atoms with Crippen LogP contribution in [0.4, 0.5) is 0 Å². The van der Waals surface area contributed by atoms with E-state index in [9.17, 15) is 4.79 Å². The quantitative estimate of drug-likeness (QED) is 0.764. The summed E-state index contributed by atoms with van der Waals surface area (Å²) >= 11 is 0. The lowest BCUT2D eigenvalue weighted by Gasteiger charge is -2.09. The predicted molar refractivity (Wildman–Crippen MR) is 77.6 cm³/mol. The Hall–Kier alpha value is -2.09. The largest absolute Gasteiger partial charge is 0.496 e. The second-order valence-electron chi connectivity index (χ2n) is 4.80. The smallest absolute Gasteiger partial charge is 0.165 e. The second-order valence-corrected chi connectivity index (χ2v) is 4.80. The molecule has 2 heteroatoms. The van der Waals surface area contributed by atoms with Gasteiger partial charge in [0.2, 0.25) is 0 Å². The van der Waals surface area contributed by atoms with Crippen molar-refractivity contribution in [1.82, 2.24) is 0 Å². The van der Waals surface area contributed by atoms with E-state index in [4.69, 9.17) is 4.74 Å². The number of para-hydroxylation sites is 1. The number of rotatable bonds is 4. The molecule has 0 saturated heterocycles. The van der Waals surface area contributed by atoms with Gasteiger partial charge < -0.3 is 4.74 Å². The third kappa shape index (κ3) is 2.84. The van der Waals surface area contributed by atoms with Crippen LogP contribution < -0.4 is 4.74 Å². The highest BCUT2D eigenvalue weighted by Crippen LogP contribution is 2.29. The van der Waals surface area contributed by atoms with Crippen LogP contribution >= 0.6 is 0 Å². The molecule has 0 saturated carbocycles. The van der Waals surface area contributed by atoms with Crippen molar-refractivity contribution in [3.8, 4) is 16.9 Å². The van der Waals surface area contributed by atoms with Crippen LogP contribution in [0.15, 0.2) is 48.5 Å². The predicted octanol–water partition coefficient (Wildman–Crippen LogP) is 4.20. The molecule has 0 atom stereocenters. The minimum Gasteiger partial charge on any atom is -0.496 e. The fourth-order valence-electron chi connectivity index (χ4n) is 2.03. The lowest BCUT2D eigenvalue weighted by atomic mass is 9.97. The van der Waals surface area contributed by atoms with E-state index in [2.05, 4.69) is 0 Å². The minimum atomic E-state index is 0.0251. The van der Waals surface area contributed by atoms with E-state index >= 15 is 0 Å². The molecule has 2 rings (SSSR count). The van der Waals surface area contributed by atoms with Gasteiger partial charge in [0, 0.05) is 17.0 Å². The highest BCUT2D eigenvalue weighted by atomic mass is 16.5. The maximum Gasteiger partial charge on any atom is 0.165 e. The molecule has 2 aromatic rings. The summed E-state index contributed by atoms with van der Waals surface area (Å²) < 4.78 is 5.35. The van der Waals surface area contributed by atoms with Crippen molar-refractivity contribution in [2.75, 3.05) is 7.11 Å². The van der Waals surface area contributed by atoms with Gasteiger partial charge in [-0.05, 0) is 11.6 Å². The van der Waals surface area contributed by atoms with Gasteiger partial charge in [-0.2, -0.15) is 0 Å². The fourth-order valence-corrected chi connectivity index (χ4v) is 2.03. The topological polar surface area (TPSA) is 26.3 Å². The first-order chi connectivity index (χ1) is 9.13. The third-order valence-electron chi connectivity index (χ3n) is 3.11. The molecule has 0 amide bonds. The molecular weight excluding hydrogens is 236 g/mol. The molecule has 0 aromatic heterocycles. The van der Waals surface area contributed by atoms with E-state index in [1.165, 1.54) is 0 Å². The Balaban J connectivity index is 2.35. The molecule has 0 spiro atoms. The Kier molecular flexibility index (Phi) is 4.00. The third-order valence-corrected chi connectivity index (χ3v) is 3.11. The molecule has 0 N–H and O–H groups in total. The van der Waals surface area contributed by atoms with Crippen molar-refractivity contribution in [2.24, 2.45) is 5.92 Å². The van der Waals surface area contributed by atoms with Gasteiger partial charge in [0.25, 0.3) is 0 Å². The maximum atomic E-state index is 11.9. The molecule has 0 bridgehead atoms. The van der Waals surface area contributed by atoms with Crippen LogP contribution in [-0.4, -0.2) is 12.9 Å². The fraction of sp³-hybridized carbons (Fsp3) is 0.235. The Bertz CT molecular complexity index is 568. The van der Waals surface area contributed by atoms with E-state index in [1.807, 2.05) is 62.4 Å². The van der Waals surface area contributed by atoms with E-state index in [0.717, 1.165) is 22.4 Å². The van der Waals surface area contributed by atoms with Crippen molar-refractivity contribution in [3.05, 3.63) is 54.1 Å². The van der Waals surface area contributed by atoms with Gasteiger partial charge in [-0.25, -0.2) is 0 Å². The molecule has 19 heavy (non-hydrogen) atoms. The number of hydrogen-bond acceptors (Lipinski definition) is 2. The van der Waals surface area contributed by atoms with Crippen LogP contribution in [0.25, 0.3) is 11.1 Å². The van der Waals surface area contributed by atoms with E-state index in [1.54, 1.807) is 7.11 Å². The van der Waals surface area contributed by atoms with Crippen LogP contribution in [0.1, 0.15) is 24.2 Å². The Morgan fingerprint density at radius 1 is 1.00 bits per heavy atom. The molecule has 0 unspecified atom stereocenters. The monoisotopic (exact) mass is 254 g/mol. The first-order valence-electron chi connectivity index (χ1n) is 6.41. The van der Waals surface area contributed by atoms with E-state index < -0.39 is 0 Å². The molecule has 0 fully saturated rings. The summed E-state index contributed by atoms with van der Waals surface area (Å²) in [4.78, 5) is 11.9. The summed E-state index contributed by atoms with van der Waals surface area (Å²) in [5.41, 5.74) is 2.85. The van der Waals surface area contributed by atoms with Crippen molar-refractivity contribution < 1.29 is 9.53 Å². The molecule has 0 heterocycles. The first kappa shape index (κ1) is 13.3. The number of ether oxygens (including phenoxy) is 1. The van der Waals surface area contributed by atoms with Crippen molar-refractivity contribution in [2.45, 2.75) is 13.8 Å². The van der Waals surface area contributed by atoms with Crippen LogP contribution in [0.2, 0.25) is 0 Å². The zero-order valence-corrected chi connectivity index (χ0v) is 11.5. The zero-order chi connectivity index (χ0) is 13.8. The summed E-state index contributed by atoms with van der Waals surface area (Å²) in [5, 5.41) is 0. The highest BCUT2D eigenvalue weighted by Gasteiger charge is 2.11. The van der Waals surface area contributed by atoms with Crippen LogP contribution in [0, 0.1) is 5.92 Å². The number of carbonyl (C=O) groups excluding carboxylic acids is 1. The average Bonchev–Trinajstić information content (AvgIpc) is 2.46. The van der Waals surface area contributed by atoms with Gasteiger partial charge in [-0.15, -0.1) is 0 Å². The molecule has 2 nitrogen and oxygen atoms in total. The number of methoxy groups -OCH3 is 1. The Morgan fingerprint density at radius 3 is 2.21 bits per heavy atom. The summed E-state index contributed by atoms with van der Waals surface area (Å²) in [6, 6.07) is 15.6. The lowest BCUT2D eigenvalue weighted by Crippen LogP contribution is -2.06. The van der Waals surface area contributed by atoms with Gasteiger partial charge in [0.15, 0.2) is 5.78 Å². The van der Waals surface area contributed by atoms with Gasteiger partial charge in [0.05, 0.1) is 7.11 Å². The normalized spacial score (nSPS) is 10.5. The van der Waals surface area contributed by atoms with Crippen molar-refractivity contribution in [1.29, 1.82) is 0 Å². The molecule has 0 aliphatic heterocycles. The number of carbonyl (C=O) groups is 1. The zero-order valence-electron chi connectivity index (χ0n) is 11.5. The minimum absolute atomic E-state index is 0.0251. The SMILES string of the molecule is COc1ccccc1-c1ccc(C(=O)C(C)C)cc1. The molecule has 98 valence electrons. The first-order valence-corrected chi connectivity index (χ1v) is 6.41. The summed E-state index contributed by atoms with van der Waals surface area (Å²) in [6.45, 7) is 3.83. The second kappa shape index (κ2) is 5.70. The van der Waals surface area contributed by atoms with Crippen LogP contribution in [0.3, 0.4) is 0 Å². The van der Waals surface area contributed by atoms with Crippen molar-refractivity contribution >= 4 is 5.78 Å². The number of ketones is 1. The van der Waals surface area contributed by atoms with Gasteiger partial charge in [-0.1, -0.05) is 56.3 Å². The average molecular weight is 254 g/mol. The highest BCUT2D eigenvalue weighted by molar-refractivity contribution is 5.97. The molecule has 0 aliphatic carbocycles. The molecule has 2 aromatic carbocycles. The summed E-state index contributed by atoms with van der Waals surface area (Å²) in [6.07, 6.45) is 0. The van der Waals surface area contributed by atoms with E-state index in [0.29, 0.717) is 0 Å². The van der Waals surface area contributed by atoms with Crippen LogP contribution in [-0.2, 0) is 0 Å². The Labute approximate surface area is 114 Å². The summed E-state index contributed by atoms with van der Waals surface area (Å²) in [5.74, 6) is 1.04. The standard InChI is InChI=1S/C17H18O2/c1-12(2)17(18)14-10-8-13(9-11-14)15-6-4-5-7-16(15)19-3/h4-12H,1-3H3. The number of Topliss-reactive ketones (excluding diaryl/α,β-unsaturated/α-hetero) is 1. The summed E-state index contributed by atoms with van der Waals surface area (Å²) in [7, 11) is 1.66. The van der Waals surface area contributed by atoms with E-state index in [-0.39, 0.29) is 11.7 Å². The maximum absolute atomic E-state index is 11.9. The van der Waals surface area contributed by atoms with Gasteiger partial charge in [-0.3, -0.25) is 4.79 Å². The molecule has 0 aliphatic rings. The van der Waals surface area contributed by atoms with Crippen molar-refractivity contribution in [3.63, 3.8) is 0 Å². The van der Waals surface area contributed by atoms with Gasteiger partial charge >= 0.3 is 0 Å². The number of benzene rings is 2. The lowest BCUT2D eigenvalue weighted by molar-refractivity contribution is 0.0939.